The van der Waals surface area contributed by atoms with E-state index in [4.69, 9.17) is 5.73 Å². The molecule has 4 heteroatoms. The van der Waals surface area contributed by atoms with Crippen molar-refractivity contribution in [2.75, 3.05) is 12.8 Å². The highest BCUT2D eigenvalue weighted by Gasteiger charge is 2.18. The van der Waals surface area contributed by atoms with E-state index >= 15 is 0 Å². The maximum absolute atomic E-state index is 11.1. The average Bonchev–Trinajstić information content (AvgIpc) is 2.23. The number of aliphatic hydroxyl groups excluding tert-OH is 1. The van der Waals surface area contributed by atoms with Crippen molar-refractivity contribution in [1.82, 2.24) is 0 Å². The minimum Gasteiger partial charge on any atom is -0.467 e. The summed E-state index contributed by atoms with van der Waals surface area (Å²) in [5.41, 5.74) is 8.65. The van der Waals surface area contributed by atoms with Crippen molar-refractivity contribution >= 4 is 11.7 Å². The summed E-state index contributed by atoms with van der Waals surface area (Å²) in [4.78, 5) is 11.1. The molecule has 4 nitrogen and oxygen atoms in total. The number of esters is 1. The Labute approximate surface area is 88.7 Å². The molecule has 0 aliphatic carbocycles. The third-order valence-corrected chi connectivity index (χ3v) is 2.47. The first-order valence-corrected chi connectivity index (χ1v) is 4.60. The molecule has 0 radical (unpaired) electrons. The zero-order chi connectivity index (χ0) is 11.6. The fraction of sp³-hybridized carbons (Fsp3) is 0.364. The van der Waals surface area contributed by atoms with Crippen LogP contribution in [0.15, 0.2) is 12.1 Å². The van der Waals surface area contributed by atoms with Gasteiger partial charge in [-0.2, -0.15) is 0 Å². The maximum atomic E-state index is 11.1. The van der Waals surface area contributed by atoms with E-state index in [2.05, 4.69) is 4.74 Å². The smallest absolute Gasteiger partial charge is 0.339 e. The van der Waals surface area contributed by atoms with Gasteiger partial charge in [-0.25, -0.2) is 4.79 Å². The van der Waals surface area contributed by atoms with Crippen molar-refractivity contribution in [2.24, 2.45) is 0 Å². The lowest BCUT2D eigenvalue weighted by Crippen LogP contribution is -2.14. The molecular weight excluding hydrogens is 194 g/mol. The number of nitrogens with two attached hydrogens (primary N) is 1. The first-order chi connectivity index (χ1) is 6.97. The quantitative estimate of drug-likeness (QED) is 0.565. The van der Waals surface area contributed by atoms with Crippen LogP contribution in [0.4, 0.5) is 5.69 Å². The van der Waals surface area contributed by atoms with Crippen molar-refractivity contribution in [3.63, 3.8) is 0 Å². The molecule has 0 aromatic heterocycles. The van der Waals surface area contributed by atoms with E-state index in [-0.39, 0.29) is 0 Å². The molecule has 1 atom stereocenters. The average molecular weight is 209 g/mol. The first-order valence-electron chi connectivity index (χ1n) is 4.60. The van der Waals surface area contributed by atoms with Gasteiger partial charge in [0.1, 0.15) is 0 Å². The maximum Gasteiger partial charge on any atom is 0.339 e. The normalized spacial score (nSPS) is 12.3. The summed E-state index contributed by atoms with van der Waals surface area (Å²) in [6, 6.07) is 3.32. The fourth-order valence-corrected chi connectivity index (χ4v) is 1.32. The molecule has 0 heterocycles. The number of nitrogen functional groups attached to an aromatic ring is 1. The number of benzene rings is 1. The summed E-state index contributed by atoms with van der Waals surface area (Å²) in [5.74, 6) is -0.683. The van der Waals surface area contributed by atoms with Gasteiger partial charge in [0.05, 0.1) is 7.11 Å². The van der Waals surface area contributed by atoms with Crippen molar-refractivity contribution in [3.05, 3.63) is 28.8 Å². The number of ether oxygens (including phenoxy) is 1. The summed E-state index contributed by atoms with van der Waals surface area (Å²) in [6.45, 7) is 3.76. The molecule has 0 saturated carbocycles. The number of rotatable bonds is 2. The van der Waals surface area contributed by atoms with Gasteiger partial charge in [0.25, 0.3) is 0 Å². The van der Waals surface area contributed by atoms with Crippen LogP contribution in [0.3, 0.4) is 0 Å². The summed E-state index contributed by atoms with van der Waals surface area (Å²) in [6.07, 6.45) is -1.27. The van der Waals surface area contributed by atoms with E-state index < -0.39 is 12.1 Å². The van der Waals surface area contributed by atoms with Crippen molar-refractivity contribution in [3.8, 4) is 0 Å². The van der Waals surface area contributed by atoms with Gasteiger partial charge in [0.2, 0.25) is 0 Å². The third-order valence-electron chi connectivity index (χ3n) is 2.47. The topological polar surface area (TPSA) is 72.5 Å². The number of carbonyl (C=O) groups is 1. The molecule has 3 N–H and O–H groups in total. The Balaban J connectivity index is 3.11. The largest absolute Gasteiger partial charge is 0.467 e. The van der Waals surface area contributed by atoms with Gasteiger partial charge in [-0.15, -0.1) is 0 Å². The molecule has 0 saturated heterocycles. The monoisotopic (exact) mass is 209 g/mol. The molecule has 1 aromatic rings. The Morgan fingerprint density at radius 2 is 2.07 bits per heavy atom. The molecule has 0 aliphatic heterocycles. The van der Waals surface area contributed by atoms with Crippen LogP contribution in [0, 0.1) is 13.8 Å². The molecule has 0 aliphatic rings. The molecule has 1 unspecified atom stereocenters. The SMILES string of the molecule is COC(=O)C(O)c1cc(C)c(C)c(N)c1. The number of methoxy groups -OCH3 is 1. The Morgan fingerprint density at radius 3 is 2.53 bits per heavy atom. The van der Waals surface area contributed by atoms with Crippen molar-refractivity contribution < 1.29 is 14.6 Å². The lowest BCUT2D eigenvalue weighted by atomic mass is 10.0. The van der Waals surface area contributed by atoms with Crippen LogP contribution in [-0.4, -0.2) is 18.2 Å². The summed E-state index contributed by atoms with van der Waals surface area (Å²) in [7, 11) is 1.23. The zero-order valence-electron chi connectivity index (χ0n) is 9.07. The van der Waals surface area contributed by atoms with E-state index in [1.54, 1.807) is 12.1 Å². The highest BCUT2D eigenvalue weighted by Crippen LogP contribution is 2.23. The van der Waals surface area contributed by atoms with Crippen LogP contribution >= 0.6 is 0 Å². The first kappa shape index (κ1) is 11.5. The van der Waals surface area contributed by atoms with Crippen LogP contribution < -0.4 is 5.73 Å². The van der Waals surface area contributed by atoms with Gasteiger partial charge >= 0.3 is 5.97 Å². The number of aryl methyl sites for hydroxylation is 1. The standard InChI is InChI=1S/C11H15NO3/c1-6-4-8(5-9(12)7(6)2)10(13)11(14)15-3/h4-5,10,13H,12H2,1-3H3. The van der Waals surface area contributed by atoms with E-state index in [0.717, 1.165) is 11.1 Å². The molecule has 15 heavy (non-hydrogen) atoms. The predicted octanol–water partition coefficient (Wildman–Crippen LogP) is 1.09. The highest BCUT2D eigenvalue weighted by molar-refractivity contribution is 5.76. The van der Waals surface area contributed by atoms with Crippen molar-refractivity contribution in [2.45, 2.75) is 20.0 Å². The Kier molecular flexibility index (Phi) is 3.31. The molecule has 82 valence electrons. The number of hydrogen-bond acceptors (Lipinski definition) is 4. The van der Waals surface area contributed by atoms with Crippen LogP contribution in [0.1, 0.15) is 22.8 Å². The molecule has 0 fully saturated rings. The third kappa shape index (κ3) is 2.27. The number of aliphatic hydroxyl groups is 1. The van der Waals surface area contributed by atoms with Gasteiger partial charge < -0.3 is 15.6 Å². The molecular formula is C11H15NO3. The Bertz CT molecular complexity index is 364. The minimum absolute atomic E-state index is 0.461. The summed E-state index contributed by atoms with van der Waals surface area (Å²) >= 11 is 0. The lowest BCUT2D eigenvalue weighted by molar-refractivity contribution is -0.150. The van der Waals surface area contributed by atoms with Crippen molar-refractivity contribution in [1.29, 1.82) is 0 Å². The van der Waals surface area contributed by atoms with Gasteiger partial charge in [0.15, 0.2) is 6.10 Å². The molecule has 0 spiro atoms. The number of hydrogen-bond donors (Lipinski definition) is 2. The number of carbonyl (C=O) groups excluding carboxylic acids is 1. The van der Waals surface area contributed by atoms with Crippen LogP contribution in [0.2, 0.25) is 0 Å². The minimum atomic E-state index is -1.27. The summed E-state index contributed by atoms with van der Waals surface area (Å²) in [5, 5.41) is 9.60. The van der Waals surface area contributed by atoms with Gasteiger partial charge in [-0.3, -0.25) is 0 Å². The number of anilines is 1. The van der Waals surface area contributed by atoms with Gasteiger partial charge in [-0.1, -0.05) is 6.07 Å². The van der Waals surface area contributed by atoms with E-state index in [1.807, 2.05) is 13.8 Å². The van der Waals surface area contributed by atoms with E-state index in [9.17, 15) is 9.90 Å². The fourth-order valence-electron chi connectivity index (χ4n) is 1.32. The Morgan fingerprint density at radius 1 is 1.47 bits per heavy atom. The summed E-state index contributed by atoms with van der Waals surface area (Å²) < 4.78 is 4.45. The van der Waals surface area contributed by atoms with E-state index in [0.29, 0.717) is 11.3 Å². The Hall–Kier alpha value is -1.55. The molecule has 0 bridgehead atoms. The predicted molar refractivity (Wildman–Crippen MR) is 57.3 cm³/mol. The van der Waals surface area contributed by atoms with Gasteiger partial charge in [0, 0.05) is 5.69 Å². The molecule has 1 rings (SSSR count). The lowest BCUT2D eigenvalue weighted by Gasteiger charge is -2.12. The van der Waals surface area contributed by atoms with Gasteiger partial charge in [-0.05, 0) is 36.6 Å². The molecule has 1 aromatic carbocycles. The van der Waals surface area contributed by atoms with Crippen LogP contribution in [0.5, 0.6) is 0 Å². The second-order valence-electron chi connectivity index (χ2n) is 3.48. The second-order valence-corrected chi connectivity index (χ2v) is 3.48. The second kappa shape index (κ2) is 4.31. The van der Waals surface area contributed by atoms with Crippen LogP contribution in [0.25, 0.3) is 0 Å². The molecule has 0 amide bonds. The zero-order valence-corrected chi connectivity index (χ0v) is 9.07. The van der Waals surface area contributed by atoms with Crippen LogP contribution in [-0.2, 0) is 9.53 Å². The van der Waals surface area contributed by atoms with E-state index in [1.165, 1.54) is 7.11 Å². The highest BCUT2D eigenvalue weighted by atomic mass is 16.5.